The van der Waals surface area contributed by atoms with Crippen LogP contribution in [-0.2, 0) is 0 Å². The van der Waals surface area contributed by atoms with Gasteiger partial charge in [0.15, 0.2) is 0 Å². The van der Waals surface area contributed by atoms with Crippen molar-refractivity contribution in [3.05, 3.63) is 0 Å². The maximum absolute atomic E-state index is 12.0. The van der Waals surface area contributed by atoms with E-state index in [0.717, 1.165) is 6.42 Å². The molecule has 0 aliphatic carbocycles. The van der Waals surface area contributed by atoms with Gasteiger partial charge in [-0.25, -0.2) is 0 Å². The van der Waals surface area contributed by atoms with E-state index < -0.39 is 11.0 Å². The Bertz CT molecular complexity index is 126. The Kier molecular flexibility index (Phi) is 5.16. The summed E-state index contributed by atoms with van der Waals surface area (Å²) >= 11 is 2.60. The standard InChI is InChI=1S/C7H13BrF3N/c1-3-4-12(2)5-6(8)7(9,10)11/h6H,3-5H2,1-2H3. The van der Waals surface area contributed by atoms with Crippen LogP contribution in [0.2, 0.25) is 0 Å². The molecule has 0 amide bonds. The molecule has 74 valence electrons. The molecule has 1 atom stereocenters. The van der Waals surface area contributed by atoms with Crippen molar-refractivity contribution in [3.8, 4) is 0 Å². The molecule has 0 saturated heterocycles. The van der Waals surface area contributed by atoms with Gasteiger partial charge in [0.1, 0.15) is 4.83 Å². The van der Waals surface area contributed by atoms with Crippen molar-refractivity contribution in [2.45, 2.75) is 24.3 Å². The summed E-state index contributed by atoms with van der Waals surface area (Å²) in [5.41, 5.74) is 0. The minimum atomic E-state index is -4.14. The third-order valence-corrected chi connectivity index (χ3v) is 2.24. The second kappa shape index (κ2) is 5.07. The third kappa shape index (κ3) is 4.98. The molecule has 0 aromatic rings. The lowest BCUT2D eigenvalue weighted by Gasteiger charge is -2.21. The monoisotopic (exact) mass is 247 g/mol. The van der Waals surface area contributed by atoms with Gasteiger partial charge in [-0.15, -0.1) is 0 Å². The predicted molar refractivity (Wildman–Crippen MR) is 46.6 cm³/mol. The van der Waals surface area contributed by atoms with Gasteiger partial charge in [-0.2, -0.15) is 13.2 Å². The van der Waals surface area contributed by atoms with Crippen molar-refractivity contribution < 1.29 is 13.2 Å². The fourth-order valence-corrected chi connectivity index (χ4v) is 1.34. The van der Waals surface area contributed by atoms with E-state index in [4.69, 9.17) is 0 Å². The van der Waals surface area contributed by atoms with Crippen LogP contribution in [0.25, 0.3) is 0 Å². The molecule has 0 N–H and O–H groups in total. The van der Waals surface area contributed by atoms with Crippen LogP contribution in [0.1, 0.15) is 13.3 Å². The van der Waals surface area contributed by atoms with E-state index in [1.54, 1.807) is 11.9 Å². The highest BCUT2D eigenvalue weighted by Gasteiger charge is 2.37. The SMILES string of the molecule is CCCN(C)CC(Br)C(F)(F)F. The lowest BCUT2D eigenvalue weighted by atomic mass is 10.3. The van der Waals surface area contributed by atoms with Crippen molar-refractivity contribution in [2.24, 2.45) is 0 Å². The van der Waals surface area contributed by atoms with E-state index in [-0.39, 0.29) is 6.54 Å². The molecule has 0 heterocycles. The maximum Gasteiger partial charge on any atom is 0.402 e. The zero-order chi connectivity index (χ0) is 9.78. The average Bonchev–Trinajstić information content (AvgIpc) is 1.85. The Morgan fingerprint density at radius 3 is 2.25 bits per heavy atom. The number of rotatable bonds is 4. The maximum atomic E-state index is 12.0. The smallest absolute Gasteiger partial charge is 0.305 e. The molecule has 0 aliphatic heterocycles. The highest BCUT2D eigenvalue weighted by molar-refractivity contribution is 9.09. The first-order valence-corrected chi connectivity index (χ1v) is 4.68. The summed E-state index contributed by atoms with van der Waals surface area (Å²) in [6.07, 6.45) is -3.27. The first-order chi connectivity index (χ1) is 5.38. The molecule has 5 heteroatoms. The van der Waals surface area contributed by atoms with Gasteiger partial charge in [-0.3, -0.25) is 0 Å². The summed E-state index contributed by atoms with van der Waals surface area (Å²) in [6, 6.07) is 0. The molecular formula is C7H13BrF3N. The molecule has 0 rings (SSSR count). The molecule has 0 aromatic carbocycles. The summed E-state index contributed by atoms with van der Waals surface area (Å²) in [4.78, 5) is 0.244. The topological polar surface area (TPSA) is 3.24 Å². The van der Waals surface area contributed by atoms with Crippen LogP contribution in [0, 0.1) is 0 Å². The molecule has 0 fully saturated rings. The molecule has 0 radical (unpaired) electrons. The minimum Gasteiger partial charge on any atom is -0.305 e. The molecule has 0 aromatic heterocycles. The van der Waals surface area contributed by atoms with Gasteiger partial charge in [-0.05, 0) is 20.0 Å². The number of nitrogens with zero attached hydrogens (tertiary/aromatic N) is 1. The van der Waals surface area contributed by atoms with E-state index in [1.165, 1.54) is 0 Å². The van der Waals surface area contributed by atoms with E-state index >= 15 is 0 Å². The van der Waals surface area contributed by atoms with E-state index in [2.05, 4.69) is 15.9 Å². The number of hydrogen-bond donors (Lipinski definition) is 0. The summed E-state index contributed by atoms with van der Waals surface area (Å²) in [7, 11) is 1.68. The van der Waals surface area contributed by atoms with Gasteiger partial charge in [0.25, 0.3) is 0 Å². The summed E-state index contributed by atoms with van der Waals surface area (Å²) in [5.74, 6) is 0. The summed E-state index contributed by atoms with van der Waals surface area (Å²) < 4.78 is 35.9. The Morgan fingerprint density at radius 1 is 1.42 bits per heavy atom. The fourth-order valence-electron chi connectivity index (χ4n) is 0.850. The van der Waals surface area contributed by atoms with Gasteiger partial charge in [-0.1, -0.05) is 22.9 Å². The van der Waals surface area contributed by atoms with Gasteiger partial charge in [0.05, 0.1) is 0 Å². The normalized spacial score (nSPS) is 15.2. The van der Waals surface area contributed by atoms with Crippen molar-refractivity contribution >= 4 is 15.9 Å². The van der Waals surface area contributed by atoms with Crippen molar-refractivity contribution in [1.82, 2.24) is 4.90 Å². The van der Waals surface area contributed by atoms with Crippen LogP contribution in [-0.4, -0.2) is 36.0 Å². The second-order valence-corrected chi connectivity index (χ2v) is 3.88. The lowest BCUT2D eigenvalue weighted by molar-refractivity contribution is -0.129. The fraction of sp³-hybridized carbons (Fsp3) is 1.00. The molecule has 1 unspecified atom stereocenters. The molecule has 0 saturated carbocycles. The molecule has 0 spiro atoms. The third-order valence-electron chi connectivity index (χ3n) is 1.43. The van der Waals surface area contributed by atoms with Crippen molar-refractivity contribution in [3.63, 3.8) is 0 Å². The average molecular weight is 248 g/mol. The molecule has 1 nitrogen and oxygen atoms in total. The van der Waals surface area contributed by atoms with E-state index in [1.807, 2.05) is 6.92 Å². The van der Waals surface area contributed by atoms with Crippen LogP contribution in [0.15, 0.2) is 0 Å². The van der Waals surface area contributed by atoms with Gasteiger partial charge >= 0.3 is 6.18 Å². The predicted octanol–water partition coefficient (Wildman–Crippen LogP) is 2.65. The first kappa shape index (κ1) is 12.2. The quantitative estimate of drug-likeness (QED) is 0.691. The number of hydrogen-bond acceptors (Lipinski definition) is 1. The first-order valence-electron chi connectivity index (χ1n) is 3.77. The van der Waals surface area contributed by atoms with Gasteiger partial charge in [0, 0.05) is 6.54 Å². The van der Waals surface area contributed by atoms with Gasteiger partial charge < -0.3 is 4.90 Å². The van der Waals surface area contributed by atoms with E-state index in [0.29, 0.717) is 6.54 Å². The van der Waals surface area contributed by atoms with Crippen LogP contribution < -0.4 is 0 Å². The van der Waals surface area contributed by atoms with Gasteiger partial charge in [0.2, 0.25) is 0 Å². The van der Waals surface area contributed by atoms with Crippen LogP contribution in [0.4, 0.5) is 13.2 Å². The second-order valence-electron chi connectivity index (χ2n) is 2.77. The van der Waals surface area contributed by atoms with Crippen molar-refractivity contribution in [2.75, 3.05) is 20.1 Å². The molecule has 12 heavy (non-hydrogen) atoms. The highest BCUT2D eigenvalue weighted by Crippen LogP contribution is 2.26. The minimum absolute atomic E-state index is 0.0112. The Balaban J connectivity index is 3.76. The molecule has 0 aliphatic rings. The summed E-state index contributed by atoms with van der Waals surface area (Å²) in [5, 5.41) is 0. The van der Waals surface area contributed by atoms with Crippen LogP contribution >= 0.6 is 15.9 Å². The van der Waals surface area contributed by atoms with Crippen LogP contribution in [0.5, 0.6) is 0 Å². The Labute approximate surface area is 79.1 Å². The largest absolute Gasteiger partial charge is 0.402 e. The lowest BCUT2D eigenvalue weighted by Crippen LogP contribution is -2.35. The molecular weight excluding hydrogens is 235 g/mol. The highest BCUT2D eigenvalue weighted by atomic mass is 79.9. The Hall–Kier alpha value is 0.230. The van der Waals surface area contributed by atoms with E-state index in [9.17, 15) is 13.2 Å². The number of alkyl halides is 4. The number of halogens is 4. The Morgan fingerprint density at radius 2 is 1.92 bits per heavy atom. The molecule has 0 bridgehead atoms. The van der Waals surface area contributed by atoms with Crippen LogP contribution in [0.3, 0.4) is 0 Å². The summed E-state index contributed by atoms with van der Waals surface area (Å²) in [6.45, 7) is 2.64. The van der Waals surface area contributed by atoms with Crippen molar-refractivity contribution in [1.29, 1.82) is 0 Å². The zero-order valence-electron chi connectivity index (χ0n) is 7.16. The zero-order valence-corrected chi connectivity index (χ0v) is 8.74.